The van der Waals surface area contributed by atoms with Crippen LogP contribution in [0, 0.1) is 5.92 Å². The van der Waals surface area contributed by atoms with Crippen molar-refractivity contribution in [1.29, 1.82) is 0 Å². The lowest BCUT2D eigenvalue weighted by Crippen LogP contribution is -2.17. The quantitative estimate of drug-likeness (QED) is 0.820. The van der Waals surface area contributed by atoms with E-state index in [0.717, 1.165) is 12.8 Å². The zero-order chi connectivity index (χ0) is 12.8. The highest BCUT2D eigenvalue weighted by Gasteiger charge is 2.22. The lowest BCUT2D eigenvalue weighted by atomic mass is 9.97. The first-order valence-electron chi connectivity index (χ1n) is 6.00. The molecule has 0 fully saturated rings. The molecule has 2 atom stereocenters. The van der Waals surface area contributed by atoms with Gasteiger partial charge in [0.1, 0.15) is 0 Å². The van der Waals surface area contributed by atoms with E-state index >= 15 is 0 Å². The van der Waals surface area contributed by atoms with Gasteiger partial charge in [-0.15, -0.1) is 0 Å². The standard InChI is InChI=1S/C12H21ClN2O2/c1-4-5-9(2)12(16)11-10(13)8-14-15(11)6-7-17-3/h8-9,12,16H,4-7H2,1-3H3. The molecule has 98 valence electrons. The van der Waals surface area contributed by atoms with Crippen molar-refractivity contribution in [3.05, 3.63) is 16.9 Å². The molecule has 17 heavy (non-hydrogen) atoms. The summed E-state index contributed by atoms with van der Waals surface area (Å²) in [6.45, 7) is 5.29. The van der Waals surface area contributed by atoms with E-state index in [2.05, 4.69) is 12.0 Å². The van der Waals surface area contributed by atoms with E-state index in [-0.39, 0.29) is 5.92 Å². The summed E-state index contributed by atoms with van der Waals surface area (Å²) in [6.07, 6.45) is 3.02. The third-order valence-electron chi connectivity index (χ3n) is 2.90. The molecule has 1 heterocycles. The minimum absolute atomic E-state index is 0.176. The summed E-state index contributed by atoms with van der Waals surface area (Å²) in [6, 6.07) is 0. The molecule has 5 heteroatoms. The van der Waals surface area contributed by atoms with Crippen molar-refractivity contribution < 1.29 is 9.84 Å². The number of methoxy groups -OCH3 is 1. The van der Waals surface area contributed by atoms with E-state index in [1.165, 1.54) is 0 Å². The molecule has 0 aliphatic heterocycles. The first kappa shape index (κ1) is 14.5. The maximum atomic E-state index is 10.3. The van der Waals surface area contributed by atoms with Crippen molar-refractivity contribution in [2.75, 3.05) is 13.7 Å². The lowest BCUT2D eigenvalue weighted by Gasteiger charge is -2.20. The Morgan fingerprint density at radius 3 is 2.88 bits per heavy atom. The average Bonchev–Trinajstić information content (AvgIpc) is 2.67. The zero-order valence-corrected chi connectivity index (χ0v) is 11.4. The summed E-state index contributed by atoms with van der Waals surface area (Å²) in [5.74, 6) is 0.176. The predicted molar refractivity (Wildman–Crippen MR) is 68.1 cm³/mol. The highest BCUT2D eigenvalue weighted by atomic mass is 35.5. The Labute approximate surface area is 108 Å². The smallest absolute Gasteiger partial charge is 0.0997 e. The number of rotatable bonds is 7. The van der Waals surface area contributed by atoms with Gasteiger partial charge in [0, 0.05) is 7.11 Å². The molecule has 0 spiro atoms. The molecule has 0 saturated carbocycles. The van der Waals surface area contributed by atoms with Crippen LogP contribution in [0.25, 0.3) is 0 Å². The maximum Gasteiger partial charge on any atom is 0.0997 e. The minimum Gasteiger partial charge on any atom is -0.386 e. The van der Waals surface area contributed by atoms with Crippen LogP contribution in [-0.4, -0.2) is 28.6 Å². The van der Waals surface area contributed by atoms with Gasteiger partial charge < -0.3 is 9.84 Å². The number of hydrogen-bond donors (Lipinski definition) is 1. The number of aliphatic hydroxyl groups excluding tert-OH is 1. The molecule has 1 N–H and O–H groups in total. The Morgan fingerprint density at radius 2 is 2.29 bits per heavy atom. The van der Waals surface area contributed by atoms with E-state index in [4.69, 9.17) is 16.3 Å². The molecular weight excluding hydrogens is 240 g/mol. The second-order valence-corrected chi connectivity index (χ2v) is 4.71. The summed E-state index contributed by atoms with van der Waals surface area (Å²) >= 11 is 6.08. The highest BCUT2D eigenvalue weighted by molar-refractivity contribution is 6.31. The fourth-order valence-corrected chi connectivity index (χ4v) is 2.16. The SMILES string of the molecule is CCCC(C)C(O)c1c(Cl)cnn1CCOC. The fraction of sp³-hybridized carbons (Fsp3) is 0.750. The van der Waals surface area contributed by atoms with Crippen molar-refractivity contribution in [1.82, 2.24) is 9.78 Å². The van der Waals surface area contributed by atoms with E-state index < -0.39 is 6.10 Å². The van der Waals surface area contributed by atoms with Crippen LogP contribution in [0.4, 0.5) is 0 Å². The molecule has 2 unspecified atom stereocenters. The van der Waals surface area contributed by atoms with Crippen molar-refractivity contribution in [3.63, 3.8) is 0 Å². The summed E-state index contributed by atoms with van der Waals surface area (Å²) in [4.78, 5) is 0. The van der Waals surface area contributed by atoms with Gasteiger partial charge in [0.25, 0.3) is 0 Å². The number of hydrogen-bond acceptors (Lipinski definition) is 3. The average molecular weight is 261 g/mol. The van der Waals surface area contributed by atoms with Gasteiger partial charge in [0.15, 0.2) is 0 Å². The first-order valence-corrected chi connectivity index (χ1v) is 6.37. The predicted octanol–water partition coefficient (Wildman–Crippen LogP) is 2.65. The Hall–Kier alpha value is -0.580. The monoisotopic (exact) mass is 260 g/mol. The van der Waals surface area contributed by atoms with Crippen LogP contribution in [0.15, 0.2) is 6.20 Å². The molecule has 0 aliphatic rings. The minimum atomic E-state index is -0.568. The maximum absolute atomic E-state index is 10.3. The second kappa shape index (κ2) is 6.99. The van der Waals surface area contributed by atoms with Gasteiger partial charge >= 0.3 is 0 Å². The molecule has 1 aromatic rings. The molecular formula is C12H21ClN2O2. The Balaban J connectivity index is 2.83. The summed E-state index contributed by atoms with van der Waals surface area (Å²) in [5.41, 5.74) is 0.699. The third kappa shape index (κ3) is 3.69. The van der Waals surface area contributed by atoms with Crippen LogP contribution < -0.4 is 0 Å². The van der Waals surface area contributed by atoms with Gasteiger partial charge in [-0.3, -0.25) is 4.68 Å². The molecule has 1 aromatic heterocycles. The van der Waals surface area contributed by atoms with E-state index in [1.807, 2.05) is 6.92 Å². The molecule has 1 rings (SSSR count). The van der Waals surface area contributed by atoms with E-state index in [1.54, 1.807) is 18.0 Å². The number of nitrogens with zero attached hydrogens (tertiary/aromatic N) is 2. The molecule has 0 saturated heterocycles. The summed E-state index contributed by atoms with van der Waals surface area (Å²) in [5, 5.41) is 15.0. The number of ether oxygens (including phenoxy) is 1. The fourth-order valence-electron chi connectivity index (χ4n) is 1.90. The second-order valence-electron chi connectivity index (χ2n) is 4.30. The molecule has 0 aliphatic carbocycles. The Bertz CT molecular complexity index is 341. The van der Waals surface area contributed by atoms with Crippen LogP contribution in [0.5, 0.6) is 0 Å². The van der Waals surface area contributed by atoms with Gasteiger partial charge in [-0.2, -0.15) is 5.10 Å². The number of aromatic nitrogens is 2. The van der Waals surface area contributed by atoms with Crippen LogP contribution in [0.3, 0.4) is 0 Å². The lowest BCUT2D eigenvalue weighted by molar-refractivity contribution is 0.0994. The van der Waals surface area contributed by atoms with Crippen LogP contribution in [0.2, 0.25) is 5.02 Å². The molecule has 4 nitrogen and oxygen atoms in total. The number of aliphatic hydroxyl groups is 1. The van der Waals surface area contributed by atoms with Crippen LogP contribution in [-0.2, 0) is 11.3 Å². The molecule has 0 radical (unpaired) electrons. The normalized spacial score (nSPS) is 14.9. The Morgan fingerprint density at radius 1 is 1.59 bits per heavy atom. The summed E-state index contributed by atoms with van der Waals surface area (Å²) in [7, 11) is 1.64. The van der Waals surface area contributed by atoms with Gasteiger partial charge in [0.2, 0.25) is 0 Å². The molecule has 0 bridgehead atoms. The topological polar surface area (TPSA) is 47.3 Å². The van der Waals surface area contributed by atoms with Crippen molar-refractivity contribution >= 4 is 11.6 Å². The van der Waals surface area contributed by atoms with Gasteiger partial charge in [-0.05, 0) is 12.3 Å². The van der Waals surface area contributed by atoms with Crippen molar-refractivity contribution in [2.45, 2.75) is 39.3 Å². The largest absolute Gasteiger partial charge is 0.386 e. The third-order valence-corrected chi connectivity index (χ3v) is 3.19. The summed E-state index contributed by atoms with van der Waals surface area (Å²) < 4.78 is 6.74. The van der Waals surface area contributed by atoms with Gasteiger partial charge in [-0.1, -0.05) is 31.9 Å². The van der Waals surface area contributed by atoms with Crippen molar-refractivity contribution in [3.8, 4) is 0 Å². The van der Waals surface area contributed by atoms with Crippen molar-refractivity contribution in [2.24, 2.45) is 5.92 Å². The number of halogens is 1. The first-order chi connectivity index (χ1) is 8.11. The highest BCUT2D eigenvalue weighted by Crippen LogP contribution is 2.30. The molecule has 0 amide bonds. The molecule has 0 aromatic carbocycles. The van der Waals surface area contributed by atoms with E-state index in [0.29, 0.717) is 23.9 Å². The van der Waals surface area contributed by atoms with Crippen LogP contribution in [0.1, 0.15) is 38.5 Å². The van der Waals surface area contributed by atoms with E-state index in [9.17, 15) is 5.11 Å². The van der Waals surface area contributed by atoms with Gasteiger partial charge in [-0.25, -0.2) is 0 Å². The zero-order valence-electron chi connectivity index (χ0n) is 10.7. The van der Waals surface area contributed by atoms with Crippen LogP contribution >= 0.6 is 11.6 Å². The van der Waals surface area contributed by atoms with Gasteiger partial charge in [0.05, 0.1) is 36.2 Å². The Kier molecular flexibility index (Phi) is 5.95.